The van der Waals surface area contributed by atoms with Crippen LogP contribution < -0.4 is 14.8 Å². The van der Waals surface area contributed by atoms with Crippen LogP contribution in [0.25, 0.3) is 6.08 Å². The second-order valence-corrected chi connectivity index (χ2v) is 8.05. The number of rotatable bonds is 8. The van der Waals surface area contributed by atoms with Gasteiger partial charge in [0, 0.05) is 17.3 Å². The zero-order valence-electron chi connectivity index (χ0n) is 18.2. The monoisotopic (exact) mass is 497 g/mol. The summed E-state index contributed by atoms with van der Waals surface area (Å²) in [5.41, 5.74) is 4.16. The SMILES string of the molecule is CCc1cccc(C)c1NC(=O)/C=C/c1cc(Br)c(OCc2ccccc2F)c(OC)c1. The van der Waals surface area contributed by atoms with Crippen LogP contribution in [0.15, 0.2) is 65.1 Å². The molecule has 0 bridgehead atoms. The highest BCUT2D eigenvalue weighted by atomic mass is 79.9. The summed E-state index contributed by atoms with van der Waals surface area (Å²) in [6.07, 6.45) is 4.01. The van der Waals surface area contributed by atoms with Crippen LogP contribution in [0.4, 0.5) is 10.1 Å². The zero-order chi connectivity index (χ0) is 23.1. The van der Waals surface area contributed by atoms with Gasteiger partial charge in [-0.2, -0.15) is 0 Å². The number of methoxy groups -OCH3 is 1. The van der Waals surface area contributed by atoms with Gasteiger partial charge in [0.1, 0.15) is 12.4 Å². The molecule has 3 rings (SSSR count). The van der Waals surface area contributed by atoms with E-state index < -0.39 is 0 Å². The van der Waals surface area contributed by atoms with Crippen molar-refractivity contribution in [3.8, 4) is 11.5 Å². The van der Waals surface area contributed by atoms with Crippen LogP contribution in [0.3, 0.4) is 0 Å². The highest BCUT2D eigenvalue weighted by molar-refractivity contribution is 9.10. The average Bonchev–Trinajstić information content (AvgIpc) is 2.79. The fraction of sp³-hybridized carbons (Fsp3) is 0.192. The van der Waals surface area contributed by atoms with Gasteiger partial charge in [0.2, 0.25) is 5.91 Å². The molecule has 0 saturated carbocycles. The van der Waals surface area contributed by atoms with E-state index in [2.05, 4.69) is 28.2 Å². The van der Waals surface area contributed by atoms with Gasteiger partial charge in [0.25, 0.3) is 0 Å². The van der Waals surface area contributed by atoms with Crippen LogP contribution in [0, 0.1) is 12.7 Å². The summed E-state index contributed by atoms with van der Waals surface area (Å²) in [6.45, 7) is 4.09. The smallest absolute Gasteiger partial charge is 0.248 e. The molecule has 0 aromatic heterocycles. The number of benzene rings is 3. The number of ether oxygens (including phenoxy) is 2. The molecule has 4 nitrogen and oxygen atoms in total. The first-order chi connectivity index (χ1) is 15.4. The van der Waals surface area contributed by atoms with Crippen molar-refractivity contribution >= 4 is 33.6 Å². The van der Waals surface area contributed by atoms with E-state index in [0.29, 0.717) is 21.5 Å². The van der Waals surface area contributed by atoms with Gasteiger partial charge in [-0.1, -0.05) is 43.3 Å². The molecule has 0 aliphatic heterocycles. The van der Waals surface area contributed by atoms with E-state index in [1.807, 2.05) is 31.2 Å². The maximum Gasteiger partial charge on any atom is 0.248 e. The summed E-state index contributed by atoms with van der Waals surface area (Å²) in [5, 5.41) is 2.97. The first-order valence-electron chi connectivity index (χ1n) is 10.2. The number of hydrogen-bond donors (Lipinski definition) is 1. The number of halogens is 2. The van der Waals surface area contributed by atoms with E-state index in [4.69, 9.17) is 9.47 Å². The lowest BCUT2D eigenvalue weighted by Gasteiger charge is -2.14. The first kappa shape index (κ1) is 23.5. The Morgan fingerprint density at radius 1 is 1.12 bits per heavy atom. The van der Waals surface area contributed by atoms with E-state index in [1.165, 1.54) is 19.3 Å². The number of carbonyl (C=O) groups is 1. The maximum absolute atomic E-state index is 13.9. The van der Waals surface area contributed by atoms with Crippen molar-refractivity contribution in [2.24, 2.45) is 0 Å². The lowest BCUT2D eigenvalue weighted by Crippen LogP contribution is -2.11. The Balaban J connectivity index is 1.75. The molecule has 0 radical (unpaired) electrons. The number of para-hydroxylation sites is 1. The van der Waals surface area contributed by atoms with E-state index in [-0.39, 0.29) is 18.3 Å². The summed E-state index contributed by atoms with van der Waals surface area (Å²) in [4.78, 5) is 12.5. The topological polar surface area (TPSA) is 47.6 Å². The highest BCUT2D eigenvalue weighted by Crippen LogP contribution is 2.37. The van der Waals surface area contributed by atoms with Gasteiger partial charge >= 0.3 is 0 Å². The average molecular weight is 498 g/mol. The Morgan fingerprint density at radius 2 is 1.88 bits per heavy atom. The predicted octanol–water partition coefficient (Wildman–Crippen LogP) is 6.70. The van der Waals surface area contributed by atoms with Gasteiger partial charge < -0.3 is 14.8 Å². The minimum Gasteiger partial charge on any atom is -0.493 e. The molecule has 0 aliphatic carbocycles. The molecule has 0 aliphatic rings. The number of amides is 1. The number of hydrogen-bond acceptors (Lipinski definition) is 3. The van der Waals surface area contributed by atoms with E-state index in [1.54, 1.807) is 30.3 Å². The fourth-order valence-corrected chi connectivity index (χ4v) is 3.85. The van der Waals surface area contributed by atoms with Crippen molar-refractivity contribution in [1.29, 1.82) is 0 Å². The minimum atomic E-state index is -0.326. The lowest BCUT2D eigenvalue weighted by molar-refractivity contribution is -0.111. The van der Waals surface area contributed by atoms with E-state index in [9.17, 15) is 9.18 Å². The van der Waals surface area contributed by atoms with Crippen molar-refractivity contribution in [1.82, 2.24) is 0 Å². The molecular formula is C26H25BrFNO3. The fourth-order valence-electron chi connectivity index (χ4n) is 3.28. The van der Waals surface area contributed by atoms with E-state index in [0.717, 1.165) is 28.8 Å². The second-order valence-electron chi connectivity index (χ2n) is 7.20. The Hall–Kier alpha value is -3.12. The number of carbonyl (C=O) groups excluding carboxylic acids is 1. The molecule has 3 aromatic rings. The third-order valence-corrected chi connectivity index (χ3v) is 5.59. The Bertz CT molecular complexity index is 1140. The number of anilines is 1. The molecule has 3 aromatic carbocycles. The largest absolute Gasteiger partial charge is 0.493 e. The van der Waals surface area contributed by atoms with Gasteiger partial charge in [-0.05, 0) is 70.2 Å². The van der Waals surface area contributed by atoms with Gasteiger partial charge in [-0.25, -0.2) is 4.39 Å². The molecule has 0 saturated heterocycles. The molecule has 1 N–H and O–H groups in total. The number of aryl methyl sites for hydroxylation is 2. The molecule has 1 amide bonds. The van der Waals surface area contributed by atoms with Crippen LogP contribution in [0.5, 0.6) is 11.5 Å². The van der Waals surface area contributed by atoms with Crippen LogP contribution in [-0.4, -0.2) is 13.0 Å². The van der Waals surface area contributed by atoms with Gasteiger partial charge in [-0.15, -0.1) is 0 Å². The quantitative estimate of drug-likeness (QED) is 0.352. The predicted molar refractivity (Wildman–Crippen MR) is 130 cm³/mol. The Kier molecular flexibility index (Phi) is 8.06. The van der Waals surface area contributed by atoms with Gasteiger partial charge in [-0.3, -0.25) is 4.79 Å². The van der Waals surface area contributed by atoms with Crippen molar-refractivity contribution < 1.29 is 18.7 Å². The minimum absolute atomic E-state index is 0.0649. The molecule has 0 atom stereocenters. The maximum atomic E-state index is 13.9. The van der Waals surface area contributed by atoms with E-state index >= 15 is 0 Å². The highest BCUT2D eigenvalue weighted by Gasteiger charge is 2.13. The summed E-state index contributed by atoms with van der Waals surface area (Å²) < 4.78 is 25.8. The van der Waals surface area contributed by atoms with Crippen molar-refractivity contribution in [2.45, 2.75) is 26.9 Å². The van der Waals surface area contributed by atoms with Crippen LogP contribution >= 0.6 is 15.9 Å². The van der Waals surface area contributed by atoms with Crippen LogP contribution in [0.2, 0.25) is 0 Å². The first-order valence-corrected chi connectivity index (χ1v) is 11.0. The van der Waals surface area contributed by atoms with Crippen molar-refractivity contribution in [2.75, 3.05) is 12.4 Å². The molecule has 32 heavy (non-hydrogen) atoms. The second kappa shape index (κ2) is 11.0. The molecule has 0 heterocycles. The lowest BCUT2D eigenvalue weighted by atomic mass is 10.1. The summed E-state index contributed by atoms with van der Waals surface area (Å²) in [7, 11) is 1.53. The normalized spacial score (nSPS) is 10.9. The molecule has 0 unspecified atom stereocenters. The van der Waals surface area contributed by atoms with Gasteiger partial charge in [0.05, 0.1) is 11.6 Å². The van der Waals surface area contributed by atoms with Crippen LogP contribution in [0.1, 0.15) is 29.2 Å². The molecular weight excluding hydrogens is 473 g/mol. The molecule has 166 valence electrons. The Morgan fingerprint density at radius 3 is 2.59 bits per heavy atom. The van der Waals surface area contributed by atoms with Gasteiger partial charge in [0.15, 0.2) is 11.5 Å². The standard InChI is InChI=1S/C26H25BrFNO3/c1-4-19-10-7-8-17(2)25(19)29-24(30)13-12-18-14-21(27)26(23(15-18)31-3)32-16-20-9-5-6-11-22(20)28/h5-15H,4,16H2,1-3H3,(H,29,30)/b13-12+. The third kappa shape index (κ3) is 5.77. The van der Waals surface area contributed by atoms with Crippen molar-refractivity contribution in [3.05, 3.63) is 93.2 Å². The molecule has 6 heteroatoms. The summed E-state index contributed by atoms with van der Waals surface area (Å²) >= 11 is 3.49. The third-order valence-electron chi connectivity index (χ3n) is 5.00. The summed E-state index contributed by atoms with van der Waals surface area (Å²) in [5.74, 6) is 0.393. The van der Waals surface area contributed by atoms with Crippen molar-refractivity contribution in [3.63, 3.8) is 0 Å². The van der Waals surface area contributed by atoms with Crippen LogP contribution in [-0.2, 0) is 17.8 Å². The summed E-state index contributed by atoms with van der Waals surface area (Å²) in [6, 6.07) is 16.0. The molecule has 0 fully saturated rings. The zero-order valence-corrected chi connectivity index (χ0v) is 19.8. The number of nitrogens with one attached hydrogen (secondary N) is 1. The molecule has 0 spiro atoms. The Labute approximate surface area is 196 Å².